The summed E-state index contributed by atoms with van der Waals surface area (Å²) >= 11 is 3.66. The first kappa shape index (κ1) is 17.6. The second kappa shape index (κ2) is 10.3. The zero-order valence-electron chi connectivity index (χ0n) is 13.3. The maximum atomic E-state index is 3.76. The van der Waals surface area contributed by atoms with E-state index in [1.54, 1.807) is 0 Å². The van der Waals surface area contributed by atoms with E-state index in [0.717, 1.165) is 0 Å². The van der Waals surface area contributed by atoms with E-state index in [1.165, 1.54) is 67.1 Å². The van der Waals surface area contributed by atoms with Gasteiger partial charge >= 0.3 is 0 Å². The number of halogens is 1. The van der Waals surface area contributed by atoms with Crippen LogP contribution in [0.5, 0.6) is 0 Å². The number of hydrogen-bond donors (Lipinski definition) is 1. The summed E-state index contributed by atoms with van der Waals surface area (Å²) in [6.45, 7) is 6.70. The van der Waals surface area contributed by atoms with E-state index in [2.05, 4.69) is 60.2 Å². The smallest absolute Gasteiger partial charge is 0.0489 e. The van der Waals surface area contributed by atoms with E-state index in [4.69, 9.17) is 0 Å². The van der Waals surface area contributed by atoms with Crippen LogP contribution in [0.3, 0.4) is 0 Å². The summed E-state index contributed by atoms with van der Waals surface area (Å²) in [5.41, 5.74) is 2.57. The Bertz CT molecular complexity index is 366. The molecule has 0 bridgehead atoms. The molecule has 2 heteroatoms. The van der Waals surface area contributed by atoms with Gasteiger partial charge in [0, 0.05) is 16.2 Å². The van der Waals surface area contributed by atoms with Gasteiger partial charge in [0.2, 0.25) is 0 Å². The topological polar surface area (TPSA) is 12.0 Å². The molecular formula is C18H30BrN. The van der Waals surface area contributed by atoms with E-state index >= 15 is 0 Å². The Kier molecular flexibility index (Phi) is 9.00. The molecule has 0 aliphatic carbocycles. The van der Waals surface area contributed by atoms with E-state index in [9.17, 15) is 0 Å². The summed E-state index contributed by atoms with van der Waals surface area (Å²) < 4.78 is 1.18. The van der Waals surface area contributed by atoms with Gasteiger partial charge in [0.25, 0.3) is 0 Å². The first-order chi connectivity index (χ1) is 9.67. The van der Waals surface area contributed by atoms with Crippen LogP contribution in [0.1, 0.15) is 70.8 Å². The number of unbranched alkanes of at least 4 members (excludes halogenated alkanes) is 4. The minimum absolute atomic E-state index is 0.617. The van der Waals surface area contributed by atoms with E-state index in [1.807, 2.05) is 0 Å². The maximum Gasteiger partial charge on any atom is 0.0489 e. The van der Waals surface area contributed by atoms with Crippen molar-refractivity contribution in [1.82, 2.24) is 0 Å². The Labute approximate surface area is 133 Å². The molecule has 0 heterocycles. The summed E-state index contributed by atoms with van der Waals surface area (Å²) in [6, 6.07) is 7.16. The van der Waals surface area contributed by atoms with Crippen LogP contribution in [-0.4, -0.2) is 6.04 Å². The maximum absolute atomic E-state index is 3.76. The monoisotopic (exact) mass is 339 g/mol. The summed E-state index contributed by atoms with van der Waals surface area (Å²) in [4.78, 5) is 0. The normalized spacial score (nSPS) is 11.1. The van der Waals surface area contributed by atoms with Crippen LogP contribution in [0.15, 0.2) is 22.7 Å². The predicted octanol–water partition coefficient (Wildman–Crippen LogP) is 6.70. The van der Waals surface area contributed by atoms with Gasteiger partial charge in [-0.1, -0.05) is 58.4 Å². The fraction of sp³-hybridized carbons (Fsp3) is 0.667. The fourth-order valence-corrected chi connectivity index (χ4v) is 2.90. The molecule has 0 radical (unpaired) electrons. The van der Waals surface area contributed by atoms with Crippen molar-refractivity contribution in [2.75, 3.05) is 5.32 Å². The third-order valence-electron chi connectivity index (χ3n) is 3.79. The number of benzene rings is 1. The second-order valence-electron chi connectivity index (χ2n) is 5.82. The molecular weight excluding hydrogens is 310 g/mol. The van der Waals surface area contributed by atoms with Crippen molar-refractivity contribution in [2.45, 2.75) is 78.2 Å². The molecule has 1 N–H and O–H groups in total. The van der Waals surface area contributed by atoms with Crippen LogP contribution < -0.4 is 5.32 Å². The van der Waals surface area contributed by atoms with Crippen LogP contribution in [0.4, 0.5) is 5.69 Å². The van der Waals surface area contributed by atoms with Gasteiger partial charge in [0.15, 0.2) is 0 Å². The van der Waals surface area contributed by atoms with E-state index in [0.29, 0.717) is 6.04 Å². The number of hydrogen-bond acceptors (Lipinski definition) is 1. The summed E-state index contributed by atoms with van der Waals surface area (Å²) in [7, 11) is 0. The van der Waals surface area contributed by atoms with Crippen molar-refractivity contribution < 1.29 is 0 Å². The number of anilines is 1. The van der Waals surface area contributed by atoms with Crippen molar-refractivity contribution in [2.24, 2.45) is 0 Å². The summed E-state index contributed by atoms with van der Waals surface area (Å²) in [5, 5.41) is 3.76. The lowest BCUT2D eigenvalue weighted by molar-refractivity contribution is 0.526. The summed E-state index contributed by atoms with van der Waals surface area (Å²) in [6.07, 6.45) is 10.6. The zero-order valence-corrected chi connectivity index (χ0v) is 14.9. The molecule has 0 fully saturated rings. The Morgan fingerprint density at radius 2 is 1.60 bits per heavy atom. The number of rotatable bonds is 10. The Morgan fingerprint density at radius 3 is 2.15 bits per heavy atom. The predicted molar refractivity (Wildman–Crippen MR) is 94.6 cm³/mol. The molecule has 1 rings (SSSR count). The summed E-state index contributed by atoms with van der Waals surface area (Å²) in [5.74, 6) is 0. The molecule has 0 saturated carbocycles. The number of aryl methyl sites for hydroxylation is 1. The number of nitrogens with one attached hydrogen (secondary N) is 1. The van der Waals surface area contributed by atoms with Crippen LogP contribution >= 0.6 is 15.9 Å². The molecule has 0 atom stereocenters. The quantitative estimate of drug-likeness (QED) is 0.467. The Hall–Kier alpha value is -0.500. The lowest BCUT2D eigenvalue weighted by Crippen LogP contribution is -2.19. The molecule has 0 aromatic heterocycles. The first-order valence-corrected chi connectivity index (χ1v) is 8.99. The molecule has 0 aliphatic rings. The van der Waals surface area contributed by atoms with Crippen LogP contribution in [-0.2, 0) is 0 Å². The molecule has 1 aromatic rings. The highest BCUT2D eigenvalue weighted by molar-refractivity contribution is 9.10. The van der Waals surface area contributed by atoms with E-state index < -0.39 is 0 Å². The van der Waals surface area contributed by atoms with Crippen LogP contribution in [0.25, 0.3) is 0 Å². The third kappa shape index (κ3) is 6.78. The van der Waals surface area contributed by atoms with Gasteiger partial charge in [-0.3, -0.25) is 0 Å². The highest BCUT2D eigenvalue weighted by atomic mass is 79.9. The van der Waals surface area contributed by atoms with Crippen molar-refractivity contribution in [3.63, 3.8) is 0 Å². The average molecular weight is 340 g/mol. The zero-order chi connectivity index (χ0) is 14.8. The molecule has 20 heavy (non-hydrogen) atoms. The largest absolute Gasteiger partial charge is 0.381 e. The van der Waals surface area contributed by atoms with Crippen LogP contribution in [0.2, 0.25) is 0 Å². The molecule has 0 aliphatic heterocycles. The minimum atomic E-state index is 0.617. The standard InChI is InChI=1S/C18H30BrN/c1-4-6-8-10-16(11-9-7-5-2)20-18-14-15(3)12-13-17(18)19/h12-14,16,20H,4-11H2,1-3H3. The highest BCUT2D eigenvalue weighted by Gasteiger charge is 2.10. The molecule has 1 aromatic carbocycles. The highest BCUT2D eigenvalue weighted by Crippen LogP contribution is 2.26. The Balaban J connectivity index is 2.58. The minimum Gasteiger partial charge on any atom is -0.381 e. The average Bonchev–Trinajstić information content (AvgIpc) is 2.43. The molecule has 114 valence electrons. The van der Waals surface area contributed by atoms with Gasteiger partial charge < -0.3 is 5.32 Å². The lowest BCUT2D eigenvalue weighted by Gasteiger charge is -2.21. The first-order valence-electron chi connectivity index (χ1n) is 8.20. The van der Waals surface area contributed by atoms with Gasteiger partial charge in [0.1, 0.15) is 0 Å². The molecule has 0 amide bonds. The van der Waals surface area contributed by atoms with Crippen molar-refractivity contribution in [3.8, 4) is 0 Å². The van der Waals surface area contributed by atoms with Gasteiger partial charge in [-0.2, -0.15) is 0 Å². The van der Waals surface area contributed by atoms with Crippen molar-refractivity contribution >= 4 is 21.6 Å². The Morgan fingerprint density at radius 1 is 1.00 bits per heavy atom. The second-order valence-corrected chi connectivity index (χ2v) is 6.67. The molecule has 0 unspecified atom stereocenters. The molecule has 0 spiro atoms. The van der Waals surface area contributed by atoms with Gasteiger partial charge in [-0.05, 0) is 53.4 Å². The van der Waals surface area contributed by atoms with Gasteiger partial charge in [0.05, 0.1) is 0 Å². The fourth-order valence-electron chi connectivity index (χ4n) is 2.54. The van der Waals surface area contributed by atoms with Crippen molar-refractivity contribution in [3.05, 3.63) is 28.2 Å². The van der Waals surface area contributed by atoms with Gasteiger partial charge in [-0.25, -0.2) is 0 Å². The molecule has 0 saturated heterocycles. The van der Waals surface area contributed by atoms with E-state index in [-0.39, 0.29) is 0 Å². The lowest BCUT2D eigenvalue weighted by atomic mass is 10.0. The third-order valence-corrected chi connectivity index (χ3v) is 4.49. The SMILES string of the molecule is CCCCCC(CCCCC)Nc1cc(C)ccc1Br. The van der Waals surface area contributed by atoms with Crippen molar-refractivity contribution in [1.29, 1.82) is 0 Å². The van der Waals surface area contributed by atoms with Crippen LogP contribution in [0, 0.1) is 6.92 Å². The van der Waals surface area contributed by atoms with Gasteiger partial charge in [-0.15, -0.1) is 0 Å². The molecule has 1 nitrogen and oxygen atoms in total.